The maximum absolute atomic E-state index is 5.51. The molecule has 1 saturated carbocycles. The Balaban J connectivity index is 0.00000132. The van der Waals surface area contributed by atoms with Crippen LogP contribution < -0.4 is 4.74 Å². The smallest absolute Gasteiger partial charge is 0.119 e. The molecule has 21 heavy (non-hydrogen) atoms. The summed E-state index contributed by atoms with van der Waals surface area (Å²) in [5, 5.41) is 0. The van der Waals surface area contributed by atoms with E-state index in [9.17, 15) is 0 Å². The van der Waals surface area contributed by atoms with Crippen LogP contribution in [0.5, 0.6) is 5.75 Å². The molecule has 3 heteroatoms. The van der Waals surface area contributed by atoms with Gasteiger partial charge in [-0.3, -0.25) is 0 Å². The lowest BCUT2D eigenvalue weighted by atomic mass is 9.52. The van der Waals surface area contributed by atoms with Gasteiger partial charge in [-0.05, 0) is 68.5 Å². The predicted octanol–water partition coefficient (Wildman–Crippen LogP) is 3.96. The number of hydrogen-bond acceptors (Lipinski definition) is 2. The zero-order valence-corrected chi connectivity index (χ0v) is 14.8. The zero-order valence-electron chi connectivity index (χ0n) is 13.1. The molecule has 0 spiro atoms. The van der Waals surface area contributed by atoms with Crippen LogP contribution >= 0.6 is 17.0 Å². The number of nitrogens with zero attached hydrogens (tertiary/aromatic N) is 1. The van der Waals surface area contributed by atoms with Crippen LogP contribution in [0.4, 0.5) is 0 Å². The molecule has 1 aromatic carbocycles. The third-order valence-corrected chi connectivity index (χ3v) is 6.32. The number of rotatable bonds is 1. The fourth-order valence-corrected chi connectivity index (χ4v) is 5.30. The minimum absolute atomic E-state index is 0. The lowest BCUT2D eigenvalue weighted by Crippen LogP contribution is -2.59. The quantitative estimate of drug-likeness (QED) is 0.759. The number of likely N-dealkylation sites (N-methyl/N-ethyl adjacent to an activating group) is 1. The van der Waals surface area contributed by atoms with E-state index in [0.29, 0.717) is 5.41 Å². The third kappa shape index (κ3) is 2.16. The lowest BCUT2D eigenvalue weighted by Gasteiger charge is -2.58. The molecule has 1 aliphatic heterocycles. The summed E-state index contributed by atoms with van der Waals surface area (Å²) in [6.07, 6.45) is 8.22. The highest BCUT2D eigenvalue weighted by Gasteiger charge is 2.53. The average molecular weight is 352 g/mol. The zero-order chi connectivity index (χ0) is 13.7. The first-order valence-electron chi connectivity index (χ1n) is 8.12. The molecule has 116 valence electrons. The van der Waals surface area contributed by atoms with Crippen molar-refractivity contribution in [3.63, 3.8) is 0 Å². The molecular formula is C18H26BrNO. The van der Waals surface area contributed by atoms with Crippen LogP contribution in [0, 0.1) is 5.92 Å². The summed E-state index contributed by atoms with van der Waals surface area (Å²) >= 11 is 0. The second kappa shape index (κ2) is 5.58. The van der Waals surface area contributed by atoms with Crippen molar-refractivity contribution >= 4 is 17.0 Å². The SMILES string of the molecule is Br.COc1ccc2c(c1)[C@]13CCCCC1[C@H](C2)N(C)CC3. The second-order valence-electron chi connectivity index (χ2n) is 7.03. The van der Waals surface area contributed by atoms with Crippen LogP contribution in [0.15, 0.2) is 18.2 Å². The van der Waals surface area contributed by atoms with E-state index < -0.39 is 0 Å². The molecule has 1 unspecified atom stereocenters. The van der Waals surface area contributed by atoms with Gasteiger partial charge in [-0.25, -0.2) is 0 Å². The molecule has 1 aromatic rings. The predicted molar refractivity (Wildman–Crippen MR) is 91.7 cm³/mol. The maximum Gasteiger partial charge on any atom is 0.119 e. The fraction of sp³-hybridized carbons (Fsp3) is 0.667. The van der Waals surface area contributed by atoms with E-state index in [0.717, 1.165) is 17.7 Å². The normalized spacial score (nSPS) is 34.4. The van der Waals surface area contributed by atoms with Gasteiger partial charge in [0.2, 0.25) is 0 Å². The summed E-state index contributed by atoms with van der Waals surface area (Å²) in [7, 11) is 4.12. The van der Waals surface area contributed by atoms with Crippen molar-refractivity contribution < 1.29 is 4.74 Å². The second-order valence-corrected chi connectivity index (χ2v) is 7.03. The van der Waals surface area contributed by atoms with Crippen LogP contribution in [0.3, 0.4) is 0 Å². The van der Waals surface area contributed by atoms with Gasteiger partial charge in [0.05, 0.1) is 7.11 Å². The molecule has 0 aromatic heterocycles. The minimum Gasteiger partial charge on any atom is -0.497 e. The highest BCUT2D eigenvalue weighted by molar-refractivity contribution is 8.93. The Bertz CT molecular complexity index is 532. The van der Waals surface area contributed by atoms with Gasteiger partial charge in [-0.2, -0.15) is 0 Å². The van der Waals surface area contributed by atoms with E-state index in [4.69, 9.17) is 4.74 Å². The van der Waals surface area contributed by atoms with Crippen LogP contribution in [-0.2, 0) is 11.8 Å². The molecular weight excluding hydrogens is 326 g/mol. The van der Waals surface area contributed by atoms with Gasteiger partial charge < -0.3 is 9.64 Å². The summed E-state index contributed by atoms with van der Waals surface area (Å²) in [6, 6.07) is 7.60. The number of hydrogen-bond donors (Lipinski definition) is 0. The first-order valence-corrected chi connectivity index (χ1v) is 8.12. The van der Waals surface area contributed by atoms with Gasteiger partial charge in [0.1, 0.15) is 5.75 Å². The standard InChI is InChI=1S/C18H25NO.BrH/c1-19-10-9-18-8-4-3-5-15(18)17(19)11-13-6-7-14(20-2)12-16(13)18;/h6-7,12,15,17H,3-5,8-11H2,1-2H3;1H/t15?,17-,18-;/m0./s1. The largest absolute Gasteiger partial charge is 0.497 e. The van der Waals surface area contributed by atoms with Gasteiger partial charge in [0, 0.05) is 11.5 Å². The van der Waals surface area contributed by atoms with E-state index >= 15 is 0 Å². The fourth-order valence-electron chi connectivity index (χ4n) is 5.30. The molecule has 2 fully saturated rings. The number of ether oxygens (including phenoxy) is 1. The number of fused-ring (bicyclic) bond motifs is 1. The number of benzene rings is 1. The lowest BCUT2D eigenvalue weighted by molar-refractivity contribution is 0.00274. The molecule has 0 amide bonds. The van der Waals surface area contributed by atoms with Gasteiger partial charge in [0.15, 0.2) is 0 Å². The van der Waals surface area contributed by atoms with Crippen molar-refractivity contribution in [2.75, 3.05) is 20.7 Å². The molecule has 3 aliphatic rings. The molecule has 0 N–H and O–H groups in total. The summed E-state index contributed by atoms with van der Waals surface area (Å²) in [5.74, 6) is 1.91. The summed E-state index contributed by atoms with van der Waals surface area (Å²) in [5.41, 5.74) is 3.67. The van der Waals surface area contributed by atoms with Crippen molar-refractivity contribution in [2.24, 2.45) is 5.92 Å². The first-order chi connectivity index (χ1) is 9.74. The molecule has 0 radical (unpaired) electrons. The van der Waals surface area contributed by atoms with Gasteiger partial charge in [-0.15, -0.1) is 17.0 Å². The number of piperidine rings is 1. The van der Waals surface area contributed by atoms with Crippen molar-refractivity contribution in [2.45, 2.75) is 50.0 Å². The van der Waals surface area contributed by atoms with Gasteiger partial charge >= 0.3 is 0 Å². The monoisotopic (exact) mass is 351 g/mol. The Morgan fingerprint density at radius 1 is 1.24 bits per heavy atom. The molecule has 1 saturated heterocycles. The molecule has 2 aliphatic carbocycles. The minimum atomic E-state index is 0. The van der Waals surface area contributed by atoms with Crippen molar-refractivity contribution in [3.8, 4) is 5.75 Å². The van der Waals surface area contributed by atoms with Crippen LogP contribution in [0.2, 0.25) is 0 Å². The highest BCUT2D eigenvalue weighted by Crippen LogP contribution is 2.55. The first kappa shape index (κ1) is 15.4. The summed E-state index contributed by atoms with van der Waals surface area (Å²) < 4.78 is 5.51. The number of halogens is 1. The van der Waals surface area contributed by atoms with E-state index in [2.05, 4.69) is 30.1 Å². The Labute approximate surface area is 138 Å². The molecule has 2 bridgehead atoms. The van der Waals surface area contributed by atoms with Crippen molar-refractivity contribution in [3.05, 3.63) is 29.3 Å². The van der Waals surface area contributed by atoms with E-state index in [1.165, 1.54) is 45.1 Å². The Morgan fingerprint density at radius 2 is 2.10 bits per heavy atom. The third-order valence-electron chi connectivity index (χ3n) is 6.32. The Morgan fingerprint density at radius 3 is 2.90 bits per heavy atom. The van der Waals surface area contributed by atoms with E-state index in [1.807, 2.05) is 0 Å². The topological polar surface area (TPSA) is 12.5 Å². The van der Waals surface area contributed by atoms with E-state index in [-0.39, 0.29) is 17.0 Å². The molecule has 1 heterocycles. The van der Waals surface area contributed by atoms with Crippen LogP contribution in [0.1, 0.15) is 43.2 Å². The van der Waals surface area contributed by atoms with E-state index in [1.54, 1.807) is 18.2 Å². The highest BCUT2D eigenvalue weighted by atomic mass is 79.9. The molecule has 2 nitrogen and oxygen atoms in total. The Kier molecular flexibility index (Phi) is 4.08. The number of likely N-dealkylation sites (tertiary alicyclic amines) is 1. The van der Waals surface area contributed by atoms with Crippen molar-refractivity contribution in [1.29, 1.82) is 0 Å². The number of methoxy groups -OCH3 is 1. The van der Waals surface area contributed by atoms with Gasteiger partial charge in [0.25, 0.3) is 0 Å². The molecule has 4 rings (SSSR count). The average Bonchev–Trinajstić information content (AvgIpc) is 2.50. The van der Waals surface area contributed by atoms with Crippen molar-refractivity contribution in [1.82, 2.24) is 4.90 Å². The maximum atomic E-state index is 5.51. The van der Waals surface area contributed by atoms with Crippen LogP contribution in [0.25, 0.3) is 0 Å². The summed E-state index contributed by atoms with van der Waals surface area (Å²) in [4.78, 5) is 2.63. The van der Waals surface area contributed by atoms with Gasteiger partial charge in [-0.1, -0.05) is 18.9 Å². The molecule has 3 atom stereocenters. The van der Waals surface area contributed by atoms with Crippen LogP contribution in [-0.4, -0.2) is 31.6 Å². The Hall–Kier alpha value is -0.540. The summed E-state index contributed by atoms with van der Waals surface area (Å²) in [6.45, 7) is 1.26.